The maximum atomic E-state index is 12.5. The Hall–Kier alpha value is -1.98. The zero-order valence-electron chi connectivity index (χ0n) is 10.9. The molecule has 1 fully saturated rings. The molecule has 0 aromatic carbocycles. The van der Waals surface area contributed by atoms with E-state index in [1.54, 1.807) is 11.8 Å². The van der Waals surface area contributed by atoms with Crippen LogP contribution in [0.3, 0.4) is 0 Å². The van der Waals surface area contributed by atoms with E-state index in [1.165, 1.54) is 12.5 Å². The number of carboxylic acid groups (broad SMARTS) is 1. The minimum absolute atomic E-state index is 0.00151. The summed E-state index contributed by atoms with van der Waals surface area (Å²) in [5, 5.41) is 8.93. The Labute approximate surface area is 111 Å². The molecular weight excluding hydrogens is 246 g/mol. The van der Waals surface area contributed by atoms with E-state index in [2.05, 4.69) is 9.97 Å². The van der Waals surface area contributed by atoms with Crippen molar-refractivity contribution in [3.8, 4) is 0 Å². The zero-order valence-corrected chi connectivity index (χ0v) is 10.9. The number of aromatic nitrogens is 2. The summed E-state index contributed by atoms with van der Waals surface area (Å²) in [4.78, 5) is 32.9. The number of carbonyl (C=O) groups excluding carboxylic acids is 1. The number of amides is 1. The number of hydrogen-bond donors (Lipinski definition) is 1. The maximum absolute atomic E-state index is 12.5. The monoisotopic (exact) mass is 263 g/mol. The Balaban J connectivity index is 2.20. The fourth-order valence-corrected chi connectivity index (χ4v) is 2.44. The lowest BCUT2D eigenvalue weighted by atomic mass is 9.98. The summed E-state index contributed by atoms with van der Waals surface area (Å²) in [5.41, 5.74) is 1.08. The van der Waals surface area contributed by atoms with Crippen LogP contribution in [-0.4, -0.2) is 44.4 Å². The molecule has 1 saturated heterocycles. The summed E-state index contributed by atoms with van der Waals surface area (Å²) in [6, 6.07) is -0.224. The minimum Gasteiger partial charge on any atom is -0.481 e. The normalized spacial score (nSPS) is 19.2. The van der Waals surface area contributed by atoms with Crippen LogP contribution in [0.25, 0.3) is 0 Å². The number of carbonyl (C=O) groups is 2. The number of carboxylic acids is 1. The van der Waals surface area contributed by atoms with Crippen LogP contribution in [-0.2, 0) is 4.79 Å². The molecule has 1 aromatic heterocycles. The number of rotatable bonds is 3. The van der Waals surface area contributed by atoms with Gasteiger partial charge in [-0.05, 0) is 26.2 Å². The van der Waals surface area contributed by atoms with Crippen molar-refractivity contribution in [2.75, 3.05) is 6.54 Å². The van der Waals surface area contributed by atoms with Crippen LogP contribution in [0.1, 0.15) is 41.7 Å². The van der Waals surface area contributed by atoms with Crippen LogP contribution in [0.4, 0.5) is 0 Å². The molecule has 6 nitrogen and oxygen atoms in total. The molecule has 1 atom stereocenters. The Kier molecular flexibility index (Phi) is 4.09. The highest BCUT2D eigenvalue weighted by atomic mass is 16.4. The van der Waals surface area contributed by atoms with Crippen molar-refractivity contribution < 1.29 is 14.7 Å². The molecule has 1 aliphatic heterocycles. The van der Waals surface area contributed by atoms with Gasteiger partial charge in [-0.2, -0.15) is 0 Å². The van der Waals surface area contributed by atoms with E-state index in [-0.39, 0.29) is 18.4 Å². The van der Waals surface area contributed by atoms with Crippen molar-refractivity contribution in [2.45, 2.75) is 38.6 Å². The van der Waals surface area contributed by atoms with Gasteiger partial charge in [0.25, 0.3) is 5.91 Å². The summed E-state index contributed by atoms with van der Waals surface area (Å²) in [7, 11) is 0. The van der Waals surface area contributed by atoms with E-state index in [4.69, 9.17) is 5.11 Å². The lowest BCUT2D eigenvalue weighted by Gasteiger charge is -2.35. The quantitative estimate of drug-likeness (QED) is 0.887. The Morgan fingerprint density at radius 1 is 1.47 bits per heavy atom. The summed E-state index contributed by atoms with van der Waals surface area (Å²) in [5.74, 6) is -1.03. The first-order valence-electron chi connectivity index (χ1n) is 6.39. The number of nitrogens with zero attached hydrogens (tertiary/aromatic N) is 3. The molecule has 2 heterocycles. The summed E-state index contributed by atoms with van der Waals surface area (Å²) in [6.07, 6.45) is 5.51. The highest BCUT2D eigenvalue weighted by Gasteiger charge is 2.29. The molecule has 102 valence electrons. The van der Waals surface area contributed by atoms with E-state index in [1.807, 2.05) is 0 Å². The Morgan fingerprint density at radius 3 is 2.95 bits per heavy atom. The Bertz CT molecular complexity index is 490. The highest BCUT2D eigenvalue weighted by Crippen LogP contribution is 2.22. The van der Waals surface area contributed by atoms with Gasteiger partial charge in [0.05, 0.1) is 17.7 Å². The van der Waals surface area contributed by atoms with Gasteiger partial charge in [0.1, 0.15) is 6.33 Å². The molecular formula is C13H17N3O3. The average Bonchev–Trinajstić information content (AvgIpc) is 2.38. The smallest absolute Gasteiger partial charge is 0.305 e. The van der Waals surface area contributed by atoms with Gasteiger partial charge in [-0.15, -0.1) is 0 Å². The van der Waals surface area contributed by atoms with Crippen molar-refractivity contribution >= 4 is 11.9 Å². The topological polar surface area (TPSA) is 83.4 Å². The maximum Gasteiger partial charge on any atom is 0.305 e. The summed E-state index contributed by atoms with van der Waals surface area (Å²) < 4.78 is 0. The van der Waals surface area contributed by atoms with Crippen LogP contribution in [0.15, 0.2) is 12.5 Å². The first-order chi connectivity index (χ1) is 9.09. The number of hydrogen-bond acceptors (Lipinski definition) is 4. The van der Waals surface area contributed by atoms with Crippen molar-refractivity contribution in [2.24, 2.45) is 0 Å². The lowest BCUT2D eigenvalue weighted by molar-refractivity contribution is -0.138. The van der Waals surface area contributed by atoms with Crippen molar-refractivity contribution in [3.05, 3.63) is 23.8 Å². The first-order valence-corrected chi connectivity index (χ1v) is 6.39. The molecule has 0 radical (unpaired) electrons. The Morgan fingerprint density at radius 2 is 2.26 bits per heavy atom. The molecule has 1 N–H and O–H groups in total. The van der Waals surface area contributed by atoms with Crippen molar-refractivity contribution in [3.63, 3.8) is 0 Å². The summed E-state index contributed by atoms with van der Waals surface area (Å²) in [6.45, 7) is 2.36. The fraction of sp³-hybridized carbons (Fsp3) is 0.538. The van der Waals surface area contributed by atoms with E-state index in [0.717, 1.165) is 19.3 Å². The number of aryl methyl sites for hydroxylation is 1. The summed E-state index contributed by atoms with van der Waals surface area (Å²) >= 11 is 0. The van der Waals surface area contributed by atoms with Crippen LogP contribution >= 0.6 is 0 Å². The second-order valence-corrected chi connectivity index (χ2v) is 4.77. The molecule has 1 aliphatic rings. The van der Waals surface area contributed by atoms with Gasteiger partial charge in [0.15, 0.2) is 0 Å². The first kappa shape index (κ1) is 13.5. The van der Waals surface area contributed by atoms with Gasteiger partial charge in [-0.25, -0.2) is 9.97 Å². The van der Waals surface area contributed by atoms with Gasteiger partial charge < -0.3 is 10.0 Å². The molecule has 1 aromatic rings. The standard InChI is InChI=1S/C13H17N3O3/c1-9-11(7-14-8-15-9)13(19)16-5-3-2-4-10(16)6-12(17)18/h7-8,10H,2-6H2,1H3,(H,17,18)/t10-/m0/s1. The van der Waals surface area contributed by atoms with Crippen molar-refractivity contribution in [1.82, 2.24) is 14.9 Å². The van der Waals surface area contributed by atoms with Crippen molar-refractivity contribution in [1.29, 1.82) is 0 Å². The minimum atomic E-state index is -0.870. The van der Waals surface area contributed by atoms with Crippen LogP contribution in [0.2, 0.25) is 0 Å². The van der Waals surface area contributed by atoms with E-state index in [9.17, 15) is 9.59 Å². The van der Waals surface area contributed by atoms with Gasteiger partial charge in [0.2, 0.25) is 0 Å². The van der Waals surface area contributed by atoms with Crippen LogP contribution in [0, 0.1) is 6.92 Å². The van der Waals surface area contributed by atoms with Crippen LogP contribution in [0.5, 0.6) is 0 Å². The second kappa shape index (κ2) is 5.77. The number of aliphatic carboxylic acids is 1. The fourth-order valence-electron chi connectivity index (χ4n) is 2.44. The second-order valence-electron chi connectivity index (χ2n) is 4.77. The SMILES string of the molecule is Cc1ncncc1C(=O)N1CCCC[C@H]1CC(=O)O. The molecule has 0 aliphatic carbocycles. The highest BCUT2D eigenvalue weighted by molar-refractivity contribution is 5.95. The third-order valence-corrected chi connectivity index (χ3v) is 3.44. The zero-order chi connectivity index (χ0) is 13.8. The van der Waals surface area contributed by atoms with E-state index in [0.29, 0.717) is 17.8 Å². The molecule has 0 saturated carbocycles. The molecule has 6 heteroatoms. The predicted molar refractivity (Wildman–Crippen MR) is 67.7 cm³/mol. The molecule has 0 unspecified atom stereocenters. The molecule has 19 heavy (non-hydrogen) atoms. The lowest BCUT2D eigenvalue weighted by Crippen LogP contribution is -2.45. The van der Waals surface area contributed by atoms with Gasteiger partial charge >= 0.3 is 5.97 Å². The third-order valence-electron chi connectivity index (χ3n) is 3.44. The molecule has 0 spiro atoms. The van der Waals surface area contributed by atoms with Gasteiger partial charge in [0, 0.05) is 18.8 Å². The molecule has 1 amide bonds. The van der Waals surface area contributed by atoms with E-state index >= 15 is 0 Å². The van der Waals surface area contributed by atoms with Gasteiger partial charge in [-0.3, -0.25) is 9.59 Å². The van der Waals surface area contributed by atoms with Crippen LogP contribution < -0.4 is 0 Å². The number of piperidine rings is 1. The molecule has 2 rings (SSSR count). The predicted octanol–water partition coefficient (Wildman–Crippen LogP) is 1.25. The molecule has 0 bridgehead atoms. The average molecular weight is 263 g/mol. The van der Waals surface area contributed by atoms with E-state index < -0.39 is 5.97 Å². The third kappa shape index (κ3) is 3.07. The number of likely N-dealkylation sites (tertiary alicyclic amines) is 1. The largest absolute Gasteiger partial charge is 0.481 e. The van der Waals surface area contributed by atoms with Gasteiger partial charge in [-0.1, -0.05) is 0 Å².